The Kier molecular flexibility index (Phi) is 4.01. The molecule has 1 nitrogen and oxygen atoms in total. The van der Waals surface area contributed by atoms with E-state index in [1.54, 1.807) is 24.3 Å². The molecule has 0 aliphatic heterocycles. The minimum absolute atomic E-state index is 0.0326. The van der Waals surface area contributed by atoms with Gasteiger partial charge in [-0.15, -0.1) is 0 Å². The molecule has 0 heterocycles. The van der Waals surface area contributed by atoms with Crippen LogP contribution < -0.4 is 0 Å². The Morgan fingerprint density at radius 3 is 2.00 bits per heavy atom. The molecule has 0 radical (unpaired) electrons. The Bertz CT molecular complexity index is 633. The number of aryl methyl sites for hydroxylation is 1. The highest BCUT2D eigenvalue weighted by atomic mass is 35.5. The molecule has 0 bridgehead atoms. The molecule has 0 spiro atoms. The van der Waals surface area contributed by atoms with E-state index in [0.717, 1.165) is 11.1 Å². The Balaban J connectivity index is 2.37. The minimum Gasteiger partial charge on any atom is -0.289 e. The number of hydrogen-bond donors (Lipinski definition) is 0. The lowest BCUT2D eigenvalue weighted by Gasteiger charge is -2.22. The quantitative estimate of drug-likeness (QED) is 0.696. The molecular weight excluding hydrogens is 268 g/mol. The van der Waals surface area contributed by atoms with Crippen LogP contribution >= 0.6 is 11.6 Å². The van der Waals surface area contributed by atoms with E-state index in [0.29, 0.717) is 10.6 Å². The van der Waals surface area contributed by atoms with Gasteiger partial charge in [0, 0.05) is 16.1 Å². The van der Waals surface area contributed by atoms with Gasteiger partial charge in [0.25, 0.3) is 0 Å². The summed E-state index contributed by atoms with van der Waals surface area (Å²) < 4.78 is 0. The maximum absolute atomic E-state index is 12.4. The molecule has 2 rings (SSSR count). The first-order valence-electron chi connectivity index (χ1n) is 6.70. The first-order chi connectivity index (χ1) is 9.29. The SMILES string of the molecule is Cc1cc(C(=O)c2ccc(Cl)cc2)ccc1C(C)(C)C. The van der Waals surface area contributed by atoms with Gasteiger partial charge in [0.1, 0.15) is 0 Å². The van der Waals surface area contributed by atoms with Crippen molar-refractivity contribution in [2.75, 3.05) is 0 Å². The summed E-state index contributed by atoms with van der Waals surface area (Å²) >= 11 is 5.85. The third kappa shape index (κ3) is 3.10. The first kappa shape index (κ1) is 14.8. The third-order valence-corrected chi connectivity index (χ3v) is 3.65. The first-order valence-corrected chi connectivity index (χ1v) is 7.08. The van der Waals surface area contributed by atoms with Gasteiger partial charge in [0.2, 0.25) is 0 Å². The summed E-state index contributed by atoms with van der Waals surface area (Å²) in [5.74, 6) is 0.0326. The van der Waals surface area contributed by atoms with Gasteiger partial charge in [0.15, 0.2) is 5.78 Å². The maximum Gasteiger partial charge on any atom is 0.193 e. The van der Waals surface area contributed by atoms with Gasteiger partial charge in [-0.25, -0.2) is 0 Å². The fourth-order valence-electron chi connectivity index (χ4n) is 2.41. The van der Waals surface area contributed by atoms with Crippen molar-refractivity contribution in [1.29, 1.82) is 0 Å². The van der Waals surface area contributed by atoms with E-state index in [2.05, 4.69) is 33.8 Å². The molecule has 104 valence electrons. The van der Waals surface area contributed by atoms with E-state index in [1.165, 1.54) is 5.56 Å². The number of benzene rings is 2. The predicted octanol–water partition coefficient (Wildman–Crippen LogP) is 5.18. The number of ketones is 1. The fourth-order valence-corrected chi connectivity index (χ4v) is 2.54. The van der Waals surface area contributed by atoms with Crippen LogP contribution in [-0.4, -0.2) is 5.78 Å². The zero-order chi connectivity index (χ0) is 14.9. The van der Waals surface area contributed by atoms with E-state index >= 15 is 0 Å². The Labute approximate surface area is 125 Å². The summed E-state index contributed by atoms with van der Waals surface area (Å²) in [7, 11) is 0. The van der Waals surface area contributed by atoms with Crippen molar-refractivity contribution in [3.63, 3.8) is 0 Å². The zero-order valence-electron chi connectivity index (χ0n) is 12.3. The van der Waals surface area contributed by atoms with Gasteiger partial charge in [-0.2, -0.15) is 0 Å². The average molecular weight is 287 g/mol. The van der Waals surface area contributed by atoms with E-state index in [-0.39, 0.29) is 11.2 Å². The van der Waals surface area contributed by atoms with Crippen LogP contribution in [0.2, 0.25) is 5.02 Å². The highest BCUT2D eigenvalue weighted by molar-refractivity contribution is 6.30. The number of carbonyl (C=O) groups is 1. The fraction of sp³-hybridized carbons (Fsp3) is 0.278. The molecule has 2 aromatic carbocycles. The molecule has 0 aliphatic rings. The maximum atomic E-state index is 12.4. The normalized spacial score (nSPS) is 11.4. The highest BCUT2D eigenvalue weighted by Crippen LogP contribution is 2.26. The van der Waals surface area contributed by atoms with E-state index in [4.69, 9.17) is 11.6 Å². The summed E-state index contributed by atoms with van der Waals surface area (Å²) in [4.78, 5) is 12.4. The van der Waals surface area contributed by atoms with Crippen molar-refractivity contribution in [2.24, 2.45) is 0 Å². The van der Waals surface area contributed by atoms with Crippen molar-refractivity contribution >= 4 is 17.4 Å². The molecule has 0 aromatic heterocycles. The lowest BCUT2D eigenvalue weighted by atomic mass is 9.83. The van der Waals surface area contributed by atoms with E-state index < -0.39 is 0 Å². The molecular formula is C18H19ClO. The van der Waals surface area contributed by atoms with E-state index in [1.807, 2.05) is 12.1 Å². The zero-order valence-corrected chi connectivity index (χ0v) is 13.1. The monoisotopic (exact) mass is 286 g/mol. The molecule has 2 heteroatoms. The van der Waals surface area contributed by atoms with Crippen LogP contribution in [0.5, 0.6) is 0 Å². The van der Waals surface area contributed by atoms with Gasteiger partial charge in [-0.05, 0) is 53.8 Å². The number of hydrogen-bond acceptors (Lipinski definition) is 1. The molecule has 0 saturated carbocycles. The number of halogens is 1. The molecule has 0 atom stereocenters. The van der Waals surface area contributed by atoms with Crippen molar-refractivity contribution in [3.05, 3.63) is 69.7 Å². The molecule has 0 N–H and O–H groups in total. The molecule has 0 fully saturated rings. The van der Waals surface area contributed by atoms with Gasteiger partial charge in [0.05, 0.1) is 0 Å². The molecule has 0 unspecified atom stereocenters. The second-order valence-electron chi connectivity index (χ2n) is 6.12. The van der Waals surface area contributed by atoms with Crippen molar-refractivity contribution in [3.8, 4) is 0 Å². The summed E-state index contributed by atoms with van der Waals surface area (Å²) in [5, 5.41) is 0.640. The van der Waals surface area contributed by atoms with Gasteiger partial charge >= 0.3 is 0 Å². The third-order valence-electron chi connectivity index (χ3n) is 3.40. The topological polar surface area (TPSA) is 17.1 Å². The molecule has 0 saturated heterocycles. The van der Waals surface area contributed by atoms with Gasteiger partial charge in [-0.1, -0.05) is 44.5 Å². The average Bonchev–Trinajstić information content (AvgIpc) is 2.37. The number of rotatable bonds is 2. The van der Waals surface area contributed by atoms with Crippen molar-refractivity contribution < 1.29 is 4.79 Å². The van der Waals surface area contributed by atoms with Gasteiger partial charge < -0.3 is 0 Å². The largest absolute Gasteiger partial charge is 0.289 e. The Morgan fingerprint density at radius 2 is 1.50 bits per heavy atom. The van der Waals surface area contributed by atoms with E-state index in [9.17, 15) is 4.79 Å². The predicted molar refractivity (Wildman–Crippen MR) is 84.8 cm³/mol. The van der Waals surface area contributed by atoms with Crippen LogP contribution in [0.3, 0.4) is 0 Å². The molecule has 20 heavy (non-hydrogen) atoms. The molecule has 0 aliphatic carbocycles. The summed E-state index contributed by atoms with van der Waals surface area (Å²) in [6.45, 7) is 8.58. The minimum atomic E-state index is 0.0326. The smallest absolute Gasteiger partial charge is 0.193 e. The summed E-state index contributed by atoms with van der Waals surface area (Å²) in [5.41, 5.74) is 3.89. The van der Waals surface area contributed by atoms with Crippen molar-refractivity contribution in [1.82, 2.24) is 0 Å². The second-order valence-corrected chi connectivity index (χ2v) is 6.55. The number of carbonyl (C=O) groups excluding carboxylic acids is 1. The Hall–Kier alpha value is -1.60. The lowest BCUT2D eigenvalue weighted by Crippen LogP contribution is -2.14. The summed E-state index contributed by atoms with van der Waals surface area (Å²) in [6.07, 6.45) is 0. The Morgan fingerprint density at radius 1 is 0.950 bits per heavy atom. The van der Waals surface area contributed by atoms with Crippen LogP contribution in [0.15, 0.2) is 42.5 Å². The highest BCUT2D eigenvalue weighted by Gasteiger charge is 2.18. The molecule has 2 aromatic rings. The van der Waals surface area contributed by atoms with Crippen LogP contribution in [0.4, 0.5) is 0 Å². The second kappa shape index (κ2) is 5.41. The van der Waals surface area contributed by atoms with Gasteiger partial charge in [-0.3, -0.25) is 4.79 Å². The standard InChI is InChI=1S/C18H19ClO/c1-12-11-14(7-10-16(12)18(2,3)4)17(20)13-5-8-15(19)9-6-13/h5-11H,1-4H3. The van der Waals surface area contributed by atoms with Crippen LogP contribution in [0.1, 0.15) is 47.8 Å². The molecule has 0 amide bonds. The van der Waals surface area contributed by atoms with Crippen molar-refractivity contribution in [2.45, 2.75) is 33.1 Å². The van der Waals surface area contributed by atoms with Crippen LogP contribution in [-0.2, 0) is 5.41 Å². The lowest BCUT2D eigenvalue weighted by molar-refractivity contribution is 0.103. The van der Waals surface area contributed by atoms with Crippen LogP contribution in [0, 0.1) is 6.92 Å². The summed E-state index contributed by atoms with van der Waals surface area (Å²) in [6, 6.07) is 12.9. The van der Waals surface area contributed by atoms with Crippen LogP contribution in [0.25, 0.3) is 0 Å².